The number of ether oxygens (including phenoxy) is 3. The van der Waals surface area contributed by atoms with E-state index in [9.17, 15) is 0 Å². The highest BCUT2D eigenvalue weighted by Gasteiger charge is 2.21. The molecule has 1 fully saturated rings. The molecule has 1 heterocycles. The number of guanidine groups is 1. The van der Waals surface area contributed by atoms with Crippen molar-refractivity contribution < 1.29 is 14.2 Å². The Labute approximate surface area is 185 Å². The van der Waals surface area contributed by atoms with Gasteiger partial charge in [0.1, 0.15) is 11.5 Å². The molecule has 7 nitrogen and oxygen atoms in total. The van der Waals surface area contributed by atoms with Gasteiger partial charge in [-0.3, -0.25) is 4.99 Å². The largest absolute Gasteiger partial charge is 0.497 e. The summed E-state index contributed by atoms with van der Waals surface area (Å²) in [6, 6.07) is 14.7. The fourth-order valence-corrected chi connectivity index (χ4v) is 3.85. The number of methoxy groups -OCH3 is 3. The fraction of sp³-hybridized carbons (Fsp3) is 0.458. The van der Waals surface area contributed by atoms with Crippen LogP contribution in [0.1, 0.15) is 24.0 Å². The van der Waals surface area contributed by atoms with E-state index in [-0.39, 0.29) is 0 Å². The monoisotopic (exact) mass is 426 g/mol. The number of anilines is 1. The topological polar surface area (TPSA) is 67.4 Å². The average molecular weight is 427 g/mol. The third-order valence-electron chi connectivity index (χ3n) is 5.63. The first-order valence-electron chi connectivity index (χ1n) is 10.7. The van der Waals surface area contributed by atoms with Crippen LogP contribution in [-0.4, -0.2) is 53.5 Å². The zero-order chi connectivity index (χ0) is 22.1. The van der Waals surface area contributed by atoms with Crippen LogP contribution in [0.25, 0.3) is 0 Å². The van der Waals surface area contributed by atoms with Crippen molar-refractivity contribution in [3.05, 3.63) is 53.6 Å². The molecule has 168 valence electrons. The van der Waals surface area contributed by atoms with E-state index < -0.39 is 0 Å². The number of rotatable bonds is 8. The number of benzene rings is 2. The predicted molar refractivity (Wildman–Crippen MR) is 125 cm³/mol. The average Bonchev–Trinajstić information content (AvgIpc) is 2.82. The lowest BCUT2D eigenvalue weighted by atomic mass is 10.0. The van der Waals surface area contributed by atoms with Gasteiger partial charge in [-0.15, -0.1) is 0 Å². The lowest BCUT2D eigenvalue weighted by molar-refractivity contribution is 0.184. The van der Waals surface area contributed by atoms with Gasteiger partial charge in [-0.1, -0.05) is 24.3 Å². The Morgan fingerprint density at radius 1 is 1.00 bits per heavy atom. The highest BCUT2D eigenvalue weighted by atomic mass is 16.5. The Morgan fingerprint density at radius 3 is 2.23 bits per heavy atom. The number of nitrogens with one attached hydrogen (secondary N) is 2. The Balaban J connectivity index is 1.53. The fourth-order valence-electron chi connectivity index (χ4n) is 3.85. The van der Waals surface area contributed by atoms with Gasteiger partial charge in [0, 0.05) is 63.7 Å². The zero-order valence-electron chi connectivity index (χ0n) is 19.0. The summed E-state index contributed by atoms with van der Waals surface area (Å²) in [5.41, 5.74) is 3.54. The molecule has 0 radical (unpaired) electrons. The van der Waals surface area contributed by atoms with Crippen molar-refractivity contribution in [1.29, 1.82) is 0 Å². The third-order valence-corrected chi connectivity index (χ3v) is 5.63. The maximum Gasteiger partial charge on any atom is 0.191 e. The van der Waals surface area contributed by atoms with E-state index in [0.717, 1.165) is 49.1 Å². The van der Waals surface area contributed by atoms with Crippen LogP contribution in [0.15, 0.2) is 47.5 Å². The van der Waals surface area contributed by atoms with Gasteiger partial charge < -0.3 is 29.7 Å². The van der Waals surface area contributed by atoms with Gasteiger partial charge in [0.2, 0.25) is 0 Å². The minimum absolute atomic E-state index is 0.379. The lowest BCUT2D eigenvalue weighted by Crippen LogP contribution is -2.48. The summed E-state index contributed by atoms with van der Waals surface area (Å²) in [7, 11) is 6.90. The molecule has 1 saturated heterocycles. The molecule has 2 N–H and O–H groups in total. The van der Waals surface area contributed by atoms with Gasteiger partial charge in [0.25, 0.3) is 0 Å². The van der Waals surface area contributed by atoms with Crippen LogP contribution in [0.5, 0.6) is 11.5 Å². The smallest absolute Gasteiger partial charge is 0.191 e. The molecule has 1 aliphatic rings. The van der Waals surface area contributed by atoms with Crippen LogP contribution < -0.4 is 25.0 Å². The van der Waals surface area contributed by atoms with Crippen LogP contribution in [0.3, 0.4) is 0 Å². The Morgan fingerprint density at radius 2 is 1.65 bits per heavy atom. The molecule has 0 saturated carbocycles. The third kappa shape index (κ3) is 6.28. The second-order valence-electron chi connectivity index (χ2n) is 7.60. The molecule has 0 unspecified atom stereocenters. The molecular weight excluding hydrogens is 392 g/mol. The molecule has 0 aliphatic carbocycles. The van der Waals surface area contributed by atoms with Gasteiger partial charge in [0.05, 0.1) is 20.8 Å². The Bertz CT molecular complexity index is 841. The highest BCUT2D eigenvalue weighted by Crippen LogP contribution is 2.30. The maximum atomic E-state index is 5.41. The zero-order valence-corrected chi connectivity index (χ0v) is 19.0. The van der Waals surface area contributed by atoms with E-state index >= 15 is 0 Å². The molecule has 31 heavy (non-hydrogen) atoms. The predicted octanol–water partition coefficient (Wildman–Crippen LogP) is 3.18. The molecule has 0 atom stereocenters. The molecule has 0 aromatic heterocycles. The summed E-state index contributed by atoms with van der Waals surface area (Å²) in [5, 5.41) is 7.02. The first-order chi connectivity index (χ1) is 15.2. The molecule has 7 heteroatoms. The minimum atomic E-state index is 0.379. The van der Waals surface area contributed by atoms with Crippen LogP contribution in [0, 0.1) is 0 Å². The molecule has 2 aromatic carbocycles. The summed E-state index contributed by atoms with van der Waals surface area (Å²) < 4.78 is 16.1. The molecule has 0 spiro atoms. The van der Waals surface area contributed by atoms with E-state index in [1.165, 1.54) is 11.1 Å². The minimum Gasteiger partial charge on any atom is -0.497 e. The number of piperidine rings is 1. The van der Waals surface area contributed by atoms with E-state index in [4.69, 9.17) is 14.2 Å². The summed E-state index contributed by atoms with van der Waals surface area (Å²) in [4.78, 5) is 6.79. The second-order valence-corrected chi connectivity index (χ2v) is 7.60. The molecule has 3 rings (SSSR count). The van der Waals surface area contributed by atoms with Crippen molar-refractivity contribution in [3.8, 4) is 11.5 Å². The number of aliphatic imine (C=N–C) groups is 1. The molecule has 0 amide bonds. The van der Waals surface area contributed by atoms with Gasteiger partial charge in [-0.2, -0.15) is 0 Å². The summed E-state index contributed by atoms with van der Waals surface area (Å²) in [6.07, 6.45) is 2.06. The second kappa shape index (κ2) is 11.5. The van der Waals surface area contributed by atoms with Crippen molar-refractivity contribution >= 4 is 11.6 Å². The van der Waals surface area contributed by atoms with Gasteiger partial charge >= 0.3 is 0 Å². The first kappa shape index (κ1) is 22.7. The van der Waals surface area contributed by atoms with Crippen molar-refractivity contribution in [2.45, 2.75) is 32.0 Å². The summed E-state index contributed by atoms with van der Waals surface area (Å²) >= 11 is 0. The maximum absolute atomic E-state index is 5.41. The van der Waals surface area contributed by atoms with Crippen LogP contribution in [0.2, 0.25) is 0 Å². The molecule has 0 bridgehead atoms. The van der Waals surface area contributed by atoms with E-state index in [1.807, 2.05) is 19.2 Å². The summed E-state index contributed by atoms with van der Waals surface area (Å²) in [5.74, 6) is 2.45. The van der Waals surface area contributed by atoms with E-state index in [1.54, 1.807) is 21.3 Å². The van der Waals surface area contributed by atoms with Crippen LogP contribution >= 0.6 is 0 Å². The number of hydrogen-bond donors (Lipinski definition) is 2. The first-order valence-corrected chi connectivity index (χ1v) is 10.7. The quantitative estimate of drug-likeness (QED) is 0.499. The Kier molecular flexibility index (Phi) is 8.41. The van der Waals surface area contributed by atoms with Crippen LogP contribution in [-0.2, 0) is 17.9 Å². The van der Waals surface area contributed by atoms with Crippen molar-refractivity contribution in [1.82, 2.24) is 10.6 Å². The molecule has 1 aliphatic heterocycles. The van der Waals surface area contributed by atoms with Gasteiger partial charge in [0.15, 0.2) is 5.96 Å². The standard InChI is InChI=1S/C24H34N4O3/c1-25-24(26-16-18-7-5-6-8-19(18)17-29-2)27-20-9-11-28(12-10-20)21-13-22(30-3)15-23(14-21)31-4/h5-8,13-15,20H,9-12,16-17H2,1-4H3,(H2,25,26,27). The molecular formula is C24H34N4O3. The molecule has 2 aromatic rings. The Hall–Kier alpha value is -2.93. The van der Waals surface area contributed by atoms with Crippen molar-refractivity contribution in [2.75, 3.05) is 46.4 Å². The number of hydrogen-bond acceptors (Lipinski definition) is 5. The number of nitrogens with zero attached hydrogens (tertiary/aromatic N) is 2. The normalized spacial score (nSPS) is 15.0. The highest BCUT2D eigenvalue weighted by molar-refractivity contribution is 5.80. The van der Waals surface area contributed by atoms with Crippen molar-refractivity contribution in [3.63, 3.8) is 0 Å². The van der Waals surface area contributed by atoms with E-state index in [0.29, 0.717) is 19.2 Å². The lowest BCUT2D eigenvalue weighted by Gasteiger charge is -2.34. The van der Waals surface area contributed by atoms with Crippen molar-refractivity contribution in [2.24, 2.45) is 4.99 Å². The SMILES string of the molecule is CN=C(NCc1ccccc1COC)NC1CCN(c2cc(OC)cc(OC)c2)CC1. The van der Waals surface area contributed by atoms with Gasteiger partial charge in [-0.25, -0.2) is 0 Å². The summed E-state index contributed by atoms with van der Waals surface area (Å²) in [6.45, 7) is 3.24. The van der Waals surface area contributed by atoms with Gasteiger partial charge in [-0.05, 0) is 24.0 Å². The van der Waals surface area contributed by atoms with E-state index in [2.05, 4.69) is 50.9 Å². The van der Waals surface area contributed by atoms with Crippen LogP contribution in [0.4, 0.5) is 5.69 Å².